The molecule has 330 valence electrons. The number of benzene rings is 3. The van der Waals surface area contributed by atoms with Gasteiger partial charge in [0.2, 0.25) is 11.8 Å². The summed E-state index contributed by atoms with van der Waals surface area (Å²) in [5, 5.41) is 7.64. The lowest BCUT2D eigenvalue weighted by Crippen LogP contribution is -2.53. The number of rotatable bonds is 16. The number of imide groups is 1. The molecule has 15 heteroatoms. The van der Waals surface area contributed by atoms with Gasteiger partial charge in [-0.05, 0) is 85.4 Å². The molecule has 1 aromatic heterocycles. The monoisotopic (exact) mass is 888 g/mol. The molecule has 0 saturated carbocycles. The van der Waals surface area contributed by atoms with Gasteiger partial charge in [0.05, 0.1) is 0 Å². The van der Waals surface area contributed by atoms with E-state index in [0.29, 0.717) is 41.8 Å². The fourth-order valence-corrected chi connectivity index (χ4v) is 11.6. The molecule has 5 aliphatic rings. The van der Waals surface area contributed by atoms with Crippen LogP contribution in [0, 0.1) is 0 Å². The lowest BCUT2D eigenvalue weighted by molar-refractivity contribution is -0.137. The maximum absolute atomic E-state index is 14.0. The summed E-state index contributed by atoms with van der Waals surface area (Å²) < 4.78 is 0. The third-order valence-corrected chi connectivity index (χ3v) is 15.3. The molecule has 3 saturated heterocycles. The Kier molecular flexibility index (Phi) is 13.5. The number of thioether (sulfide) groups is 1. The molecule has 5 amide bonds. The van der Waals surface area contributed by atoms with Crippen LogP contribution in [0.15, 0.2) is 83.2 Å². The van der Waals surface area contributed by atoms with Gasteiger partial charge in [0, 0.05) is 98.1 Å². The van der Waals surface area contributed by atoms with Crippen molar-refractivity contribution >= 4 is 63.5 Å². The molecule has 3 fully saturated rings. The van der Waals surface area contributed by atoms with Crippen LogP contribution in [0.4, 0.5) is 10.8 Å². The van der Waals surface area contributed by atoms with Crippen molar-refractivity contribution in [2.75, 3.05) is 61.8 Å². The zero-order valence-electron chi connectivity index (χ0n) is 35.7. The third kappa shape index (κ3) is 9.71. The van der Waals surface area contributed by atoms with Crippen LogP contribution in [0.25, 0.3) is 0 Å². The van der Waals surface area contributed by atoms with E-state index in [9.17, 15) is 24.0 Å². The first-order valence-electron chi connectivity index (χ1n) is 22.6. The van der Waals surface area contributed by atoms with Gasteiger partial charge in [0.1, 0.15) is 12.1 Å². The maximum atomic E-state index is 14.0. The molecule has 2 N–H and O–H groups in total. The molecule has 0 bridgehead atoms. The fraction of sp³-hybridized carbons (Fsp3) is 0.458. The number of unbranched alkanes of at least 4 members (excludes halogenated alkanes) is 4. The Morgan fingerprint density at radius 1 is 0.825 bits per heavy atom. The summed E-state index contributed by atoms with van der Waals surface area (Å²) in [5.74, 6) is -0.135. The van der Waals surface area contributed by atoms with Crippen LogP contribution in [0.2, 0.25) is 0 Å². The van der Waals surface area contributed by atoms with E-state index in [1.54, 1.807) is 27.8 Å². The molecule has 2 atom stereocenters. The number of nitrogens with one attached hydrogen (secondary N) is 2. The van der Waals surface area contributed by atoms with Crippen molar-refractivity contribution in [2.45, 2.75) is 93.9 Å². The number of amides is 5. The minimum absolute atomic E-state index is 0.114. The first kappa shape index (κ1) is 43.2. The Bertz CT molecular complexity index is 2290. The zero-order valence-corrected chi connectivity index (χ0v) is 37.3. The number of hydrogen-bond acceptors (Lipinski definition) is 11. The van der Waals surface area contributed by atoms with Crippen molar-refractivity contribution in [3.63, 3.8) is 0 Å². The van der Waals surface area contributed by atoms with Crippen LogP contribution in [0.5, 0.6) is 0 Å². The average Bonchev–Trinajstić information content (AvgIpc) is 4.03. The molecular weight excluding hydrogens is 833 g/mol. The summed E-state index contributed by atoms with van der Waals surface area (Å²) in [6.07, 6.45) is 10.5. The molecule has 2 unspecified atom stereocenters. The first-order valence-corrected chi connectivity index (χ1v) is 24.5. The highest BCUT2D eigenvalue weighted by atomic mass is 32.2. The largest absolute Gasteiger partial charge is 0.371 e. The van der Waals surface area contributed by atoms with Crippen molar-refractivity contribution < 1.29 is 24.0 Å². The maximum Gasteiger partial charge on any atom is 0.255 e. The Morgan fingerprint density at radius 2 is 1.62 bits per heavy atom. The molecule has 0 radical (unpaired) electrons. The second-order valence-electron chi connectivity index (χ2n) is 17.3. The topological polar surface area (TPSA) is 138 Å². The van der Waals surface area contributed by atoms with Crippen LogP contribution in [-0.2, 0) is 27.5 Å². The first-order chi connectivity index (χ1) is 30.8. The molecule has 13 nitrogen and oxygen atoms in total. The number of piperazine rings is 1. The van der Waals surface area contributed by atoms with Gasteiger partial charge in [-0.3, -0.25) is 39.5 Å². The Hall–Kier alpha value is -5.09. The molecule has 4 aromatic rings. The normalized spacial score (nSPS) is 20.3. The summed E-state index contributed by atoms with van der Waals surface area (Å²) in [4.78, 5) is 81.3. The summed E-state index contributed by atoms with van der Waals surface area (Å²) in [7, 11) is 0. The number of hydrogen-bond donors (Lipinski definition) is 2. The highest BCUT2D eigenvalue weighted by Gasteiger charge is 2.41. The molecule has 9 rings (SSSR count). The smallest absolute Gasteiger partial charge is 0.255 e. The summed E-state index contributed by atoms with van der Waals surface area (Å²) in [6.45, 7) is 8.35. The predicted octanol–water partition coefficient (Wildman–Crippen LogP) is 6.57. The predicted molar refractivity (Wildman–Crippen MR) is 246 cm³/mol. The fourth-order valence-electron chi connectivity index (χ4n) is 9.97. The molecule has 3 aromatic carbocycles. The van der Waals surface area contributed by atoms with E-state index in [1.165, 1.54) is 37.0 Å². The highest BCUT2D eigenvalue weighted by molar-refractivity contribution is 7.99. The quantitative estimate of drug-likeness (QED) is 0.0723. The standard InChI is InChI=1S/C48H56N8O5S2/c57-42-17-16-40(44(58)50-42)55-32-39-37(46(55)60)12-9-13-41(39)62-28-8-3-1-2-7-21-52-24-26-54(27-25-52)35-18-22-53(23-19-35)36-15-14-34-31-56(47(61)38(34)30-36)43(33-10-5-4-6-11-33)45(59)51-48-49-20-29-63-48/h4-6,9-15,20,29-30,35,40,43H,1-3,7-8,16-19,21-28,31-32H2,(H,49,51,59)(H,50,57,58). The van der Waals surface area contributed by atoms with E-state index in [4.69, 9.17) is 0 Å². The molecule has 0 spiro atoms. The molecule has 6 heterocycles. The van der Waals surface area contributed by atoms with E-state index in [2.05, 4.69) is 48.5 Å². The number of fused-ring (bicyclic) bond motifs is 2. The van der Waals surface area contributed by atoms with Crippen LogP contribution in [0.1, 0.15) is 101 Å². The third-order valence-electron chi connectivity index (χ3n) is 13.4. The Balaban J connectivity index is 0.667. The SMILES string of the molecule is O=C1CCC(N2Cc3c(SCCCCCCCN4CCN(C5CCN(c6ccc7c(c6)C(=O)N(C(C(=O)Nc6nccs6)c6ccccc6)C7)CC5)CC4)cccc3C2=O)C(=O)N1. The minimum Gasteiger partial charge on any atom is -0.371 e. The van der Waals surface area contributed by atoms with Gasteiger partial charge in [0.25, 0.3) is 17.7 Å². The zero-order chi connectivity index (χ0) is 43.3. The van der Waals surface area contributed by atoms with E-state index >= 15 is 0 Å². The molecule has 0 aliphatic carbocycles. The van der Waals surface area contributed by atoms with E-state index in [1.807, 2.05) is 53.9 Å². The van der Waals surface area contributed by atoms with E-state index in [-0.39, 0.29) is 36.0 Å². The van der Waals surface area contributed by atoms with Gasteiger partial charge >= 0.3 is 0 Å². The summed E-state index contributed by atoms with van der Waals surface area (Å²) >= 11 is 3.16. The van der Waals surface area contributed by atoms with Gasteiger partial charge in [-0.15, -0.1) is 23.1 Å². The summed E-state index contributed by atoms with van der Waals surface area (Å²) in [5.41, 5.74) is 5.17. The number of carbonyl (C=O) groups is 5. The number of aromatic nitrogens is 1. The van der Waals surface area contributed by atoms with Crippen molar-refractivity contribution in [1.29, 1.82) is 0 Å². The Labute approximate surface area is 377 Å². The number of nitrogens with zero attached hydrogens (tertiary/aromatic N) is 6. The summed E-state index contributed by atoms with van der Waals surface area (Å²) in [6, 6.07) is 20.9. The molecule has 63 heavy (non-hydrogen) atoms. The van der Waals surface area contributed by atoms with Gasteiger partial charge < -0.3 is 19.6 Å². The van der Waals surface area contributed by atoms with Crippen molar-refractivity contribution in [3.8, 4) is 0 Å². The number of anilines is 2. The highest BCUT2D eigenvalue weighted by Crippen LogP contribution is 2.37. The van der Waals surface area contributed by atoms with Crippen LogP contribution in [-0.4, -0.2) is 118 Å². The number of piperidine rings is 2. The number of carbonyl (C=O) groups excluding carboxylic acids is 5. The minimum atomic E-state index is -0.765. The van der Waals surface area contributed by atoms with Gasteiger partial charge in [-0.2, -0.15) is 0 Å². The lowest BCUT2D eigenvalue weighted by Gasteiger charge is -2.43. The molecule has 5 aliphatic heterocycles. The van der Waals surface area contributed by atoms with E-state index < -0.39 is 12.1 Å². The van der Waals surface area contributed by atoms with Crippen LogP contribution < -0.4 is 15.5 Å². The molecular formula is C48H56N8O5S2. The van der Waals surface area contributed by atoms with Crippen molar-refractivity contribution in [1.82, 2.24) is 29.9 Å². The average molecular weight is 889 g/mol. The van der Waals surface area contributed by atoms with Crippen molar-refractivity contribution in [2.24, 2.45) is 0 Å². The second kappa shape index (κ2) is 19.7. The van der Waals surface area contributed by atoms with Crippen molar-refractivity contribution in [3.05, 3.63) is 106 Å². The van der Waals surface area contributed by atoms with Crippen LogP contribution in [0.3, 0.4) is 0 Å². The Morgan fingerprint density at radius 3 is 2.40 bits per heavy atom. The van der Waals surface area contributed by atoms with Gasteiger partial charge in [-0.25, -0.2) is 4.98 Å². The second-order valence-corrected chi connectivity index (χ2v) is 19.3. The van der Waals surface area contributed by atoms with E-state index in [0.717, 1.165) is 98.1 Å². The number of thiazole rings is 1. The van der Waals surface area contributed by atoms with Crippen LogP contribution >= 0.6 is 23.1 Å². The van der Waals surface area contributed by atoms with Gasteiger partial charge in [0.15, 0.2) is 5.13 Å². The van der Waals surface area contributed by atoms with Gasteiger partial charge in [-0.1, -0.05) is 61.7 Å². The lowest BCUT2D eigenvalue weighted by atomic mass is 10.0.